The molecule has 7 heteroatoms. The molecule has 3 aromatic rings. The molecule has 0 saturated carbocycles. The fourth-order valence-corrected chi connectivity index (χ4v) is 4.89. The van der Waals surface area contributed by atoms with Gasteiger partial charge in [0.1, 0.15) is 5.75 Å². The first-order chi connectivity index (χ1) is 16.2. The Morgan fingerprint density at radius 1 is 1.06 bits per heavy atom. The van der Waals surface area contributed by atoms with Crippen LogP contribution in [0.15, 0.2) is 48.5 Å². The van der Waals surface area contributed by atoms with Crippen molar-refractivity contribution >= 4 is 28.2 Å². The van der Waals surface area contributed by atoms with E-state index < -0.39 is 0 Å². The van der Waals surface area contributed by atoms with E-state index in [1.807, 2.05) is 12.1 Å². The maximum Gasteiger partial charge on any atom is 0.224 e. The zero-order valence-corrected chi connectivity index (χ0v) is 19.3. The summed E-state index contributed by atoms with van der Waals surface area (Å²) < 4.78 is 5.46. The van der Waals surface area contributed by atoms with Crippen molar-refractivity contribution in [2.75, 3.05) is 63.2 Å². The Morgan fingerprint density at radius 3 is 2.58 bits per heavy atom. The summed E-state index contributed by atoms with van der Waals surface area (Å²) >= 11 is 0. The van der Waals surface area contributed by atoms with Gasteiger partial charge in [0, 0.05) is 74.7 Å². The number of carbonyl (C=O) groups is 1. The molecular weight excluding hydrogens is 414 g/mol. The summed E-state index contributed by atoms with van der Waals surface area (Å²) in [6.07, 6.45) is 0.856. The van der Waals surface area contributed by atoms with Crippen LogP contribution in [0.25, 0.3) is 22.2 Å². The molecule has 3 heterocycles. The molecule has 2 aromatic carbocycles. The summed E-state index contributed by atoms with van der Waals surface area (Å²) in [7, 11) is 3.39. The Balaban J connectivity index is 1.51. The molecule has 0 radical (unpaired) electrons. The van der Waals surface area contributed by atoms with Crippen molar-refractivity contribution in [3.8, 4) is 17.0 Å². The van der Waals surface area contributed by atoms with Crippen LogP contribution < -0.4 is 25.2 Å². The number of rotatable bonds is 5. The second kappa shape index (κ2) is 9.27. The largest absolute Gasteiger partial charge is 0.497 e. The molecule has 0 spiro atoms. The van der Waals surface area contributed by atoms with Crippen molar-refractivity contribution in [2.45, 2.75) is 6.42 Å². The highest BCUT2D eigenvalue weighted by Crippen LogP contribution is 2.35. The van der Waals surface area contributed by atoms with Gasteiger partial charge in [-0.25, -0.2) is 4.98 Å². The number of nitrogens with zero attached hydrogens (tertiary/aromatic N) is 3. The lowest BCUT2D eigenvalue weighted by molar-refractivity contribution is -0.123. The Bertz CT molecular complexity index is 1140. The first-order valence-electron chi connectivity index (χ1n) is 11.7. The monoisotopic (exact) mass is 445 g/mol. The van der Waals surface area contributed by atoms with Crippen molar-refractivity contribution in [1.82, 2.24) is 15.6 Å². The average molecular weight is 446 g/mol. The topological polar surface area (TPSA) is 69.7 Å². The molecule has 0 bridgehead atoms. The number of fused-ring (bicyclic) bond motifs is 1. The van der Waals surface area contributed by atoms with Gasteiger partial charge in [-0.15, -0.1) is 0 Å². The number of ether oxygens (including phenoxy) is 1. The average Bonchev–Trinajstić information content (AvgIpc) is 3.38. The van der Waals surface area contributed by atoms with Crippen LogP contribution in [0.4, 0.5) is 11.4 Å². The maximum atomic E-state index is 12.2. The smallest absolute Gasteiger partial charge is 0.224 e. The van der Waals surface area contributed by atoms with E-state index in [0.717, 1.165) is 72.7 Å². The molecule has 2 N–H and O–H groups in total. The number of nitrogens with one attached hydrogen (secondary N) is 2. The third kappa shape index (κ3) is 4.33. The van der Waals surface area contributed by atoms with Crippen molar-refractivity contribution in [3.05, 3.63) is 48.5 Å². The lowest BCUT2D eigenvalue weighted by atomic mass is 10.1. The van der Waals surface area contributed by atoms with Crippen LogP contribution in [-0.2, 0) is 4.79 Å². The molecule has 2 aliphatic rings. The van der Waals surface area contributed by atoms with Gasteiger partial charge in [-0.05, 0) is 36.8 Å². The first kappa shape index (κ1) is 21.5. The molecule has 2 aliphatic heterocycles. The van der Waals surface area contributed by atoms with E-state index in [-0.39, 0.29) is 11.8 Å². The first-order valence-corrected chi connectivity index (χ1v) is 11.7. The van der Waals surface area contributed by atoms with E-state index >= 15 is 0 Å². The van der Waals surface area contributed by atoms with Crippen LogP contribution >= 0.6 is 0 Å². The summed E-state index contributed by atoms with van der Waals surface area (Å²) in [5.74, 6) is 0.913. The van der Waals surface area contributed by atoms with E-state index in [4.69, 9.17) is 9.72 Å². The Kier molecular flexibility index (Phi) is 6.05. The lowest BCUT2D eigenvalue weighted by Gasteiger charge is -2.29. The summed E-state index contributed by atoms with van der Waals surface area (Å²) in [5, 5.41) is 7.28. The van der Waals surface area contributed by atoms with Gasteiger partial charge >= 0.3 is 0 Å². The molecule has 0 aliphatic carbocycles. The van der Waals surface area contributed by atoms with Crippen LogP contribution in [0, 0.1) is 5.92 Å². The fraction of sp³-hybridized carbons (Fsp3) is 0.385. The zero-order valence-electron chi connectivity index (χ0n) is 19.3. The normalized spacial score (nSPS) is 18.5. The highest BCUT2D eigenvalue weighted by atomic mass is 16.5. The summed E-state index contributed by atoms with van der Waals surface area (Å²) in [6, 6.07) is 16.9. The minimum Gasteiger partial charge on any atom is -0.497 e. The number of hydrogen-bond acceptors (Lipinski definition) is 6. The molecule has 5 rings (SSSR count). The zero-order chi connectivity index (χ0) is 22.8. The molecule has 1 atom stereocenters. The summed E-state index contributed by atoms with van der Waals surface area (Å²) in [6.45, 7) is 5.66. The highest BCUT2D eigenvalue weighted by Gasteiger charge is 2.29. The molecule has 1 amide bonds. The van der Waals surface area contributed by atoms with Crippen molar-refractivity contribution in [2.24, 2.45) is 5.92 Å². The van der Waals surface area contributed by atoms with Gasteiger partial charge in [0.25, 0.3) is 0 Å². The number of hydrogen-bond donors (Lipinski definition) is 2. The second-order valence-electron chi connectivity index (χ2n) is 8.74. The number of anilines is 2. The number of aromatic nitrogens is 1. The van der Waals surface area contributed by atoms with Gasteiger partial charge in [-0.3, -0.25) is 4.79 Å². The molecule has 2 saturated heterocycles. The molecule has 172 valence electrons. The molecule has 1 aromatic heterocycles. The number of amides is 1. The molecule has 2 fully saturated rings. The van der Waals surface area contributed by atoms with Crippen LogP contribution in [0.3, 0.4) is 0 Å². The van der Waals surface area contributed by atoms with E-state index in [2.05, 4.69) is 56.8 Å². The van der Waals surface area contributed by atoms with E-state index in [1.54, 1.807) is 14.2 Å². The quantitative estimate of drug-likeness (QED) is 0.630. The Morgan fingerprint density at radius 2 is 1.85 bits per heavy atom. The maximum absolute atomic E-state index is 12.2. The van der Waals surface area contributed by atoms with Gasteiger partial charge in [-0.1, -0.05) is 12.1 Å². The summed E-state index contributed by atoms with van der Waals surface area (Å²) in [5.41, 5.74) is 5.28. The van der Waals surface area contributed by atoms with Gasteiger partial charge in [-0.2, -0.15) is 0 Å². The molecular formula is C26H31N5O2. The predicted octanol–water partition coefficient (Wildman–Crippen LogP) is 2.89. The fourth-order valence-electron chi connectivity index (χ4n) is 4.89. The number of carbonyl (C=O) groups excluding carboxylic acids is 1. The minimum atomic E-state index is 0.0122. The third-order valence-electron chi connectivity index (χ3n) is 6.79. The van der Waals surface area contributed by atoms with E-state index in [9.17, 15) is 4.79 Å². The number of methoxy groups -OCH3 is 1. The van der Waals surface area contributed by atoms with Gasteiger partial charge in [0.15, 0.2) is 0 Å². The predicted molar refractivity (Wildman–Crippen MR) is 133 cm³/mol. The Hall–Kier alpha value is -3.32. The van der Waals surface area contributed by atoms with E-state index in [0.29, 0.717) is 6.54 Å². The summed E-state index contributed by atoms with van der Waals surface area (Å²) in [4.78, 5) is 21.9. The number of piperazine rings is 1. The standard InChI is InChI=1S/C26H31N5O2/c1-27-26(32)19-9-12-31(17-19)25-16-23(29-24-15-21(33-2)7-8-22(24)25)18-3-5-20(6-4-18)30-13-10-28-11-14-30/h3-8,15-16,19,28H,9-14,17H2,1-2H3,(H,27,32). The van der Waals surface area contributed by atoms with Crippen LogP contribution in [0.5, 0.6) is 5.75 Å². The third-order valence-corrected chi connectivity index (χ3v) is 6.79. The van der Waals surface area contributed by atoms with Gasteiger partial charge in [0.2, 0.25) is 5.91 Å². The molecule has 33 heavy (non-hydrogen) atoms. The van der Waals surface area contributed by atoms with Crippen molar-refractivity contribution < 1.29 is 9.53 Å². The van der Waals surface area contributed by atoms with Crippen LogP contribution in [-0.4, -0.2) is 64.3 Å². The number of pyridine rings is 1. The molecule has 7 nitrogen and oxygen atoms in total. The lowest BCUT2D eigenvalue weighted by Crippen LogP contribution is -2.43. The van der Waals surface area contributed by atoms with E-state index in [1.165, 1.54) is 5.69 Å². The number of benzene rings is 2. The van der Waals surface area contributed by atoms with Crippen LogP contribution in [0.2, 0.25) is 0 Å². The second-order valence-corrected chi connectivity index (χ2v) is 8.74. The molecule has 1 unspecified atom stereocenters. The minimum absolute atomic E-state index is 0.0122. The van der Waals surface area contributed by atoms with Gasteiger partial charge in [0.05, 0.1) is 24.2 Å². The van der Waals surface area contributed by atoms with Crippen molar-refractivity contribution in [1.29, 1.82) is 0 Å². The SMILES string of the molecule is CNC(=O)C1CCN(c2cc(-c3ccc(N4CCNCC4)cc3)nc3cc(OC)ccc23)C1. The van der Waals surface area contributed by atoms with Gasteiger partial charge < -0.3 is 25.2 Å². The highest BCUT2D eigenvalue weighted by molar-refractivity contribution is 5.95. The Labute approximate surface area is 194 Å². The van der Waals surface area contributed by atoms with Crippen molar-refractivity contribution in [3.63, 3.8) is 0 Å². The van der Waals surface area contributed by atoms with Crippen LogP contribution in [0.1, 0.15) is 6.42 Å².